The molecular formula is C19H26ClN3O2S. The molecular weight excluding hydrogens is 370 g/mol. The minimum Gasteiger partial charge on any atom is -0.493 e. The Balaban J connectivity index is 1.83. The van der Waals surface area contributed by atoms with Crippen LogP contribution in [0.5, 0.6) is 11.5 Å². The van der Waals surface area contributed by atoms with Gasteiger partial charge in [0, 0.05) is 32.1 Å². The van der Waals surface area contributed by atoms with Crippen molar-refractivity contribution >= 4 is 28.9 Å². The zero-order chi connectivity index (χ0) is 18.9. The number of hydrogen-bond acceptors (Lipinski definition) is 4. The molecule has 0 atom stereocenters. The summed E-state index contributed by atoms with van der Waals surface area (Å²) in [5.41, 5.74) is 1.19. The van der Waals surface area contributed by atoms with Crippen LogP contribution in [0.4, 0.5) is 0 Å². The minimum absolute atomic E-state index is 0.746. The Bertz CT molecular complexity index is 733. The van der Waals surface area contributed by atoms with Crippen molar-refractivity contribution in [3.63, 3.8) is 0 Å². The molecule has 7 heteroatoms. The molecule has 0 aliphatic heterocycles. The van der Waals surface area contributed by atoms with Crippen molar-refractivity contribution in [3.8, 4) is 11.5 Å². The fourth-order valence-corrected chi connectivity index (χ4v) is 3.69. The van der Waals surface area contributed by atoms with E-state index in [1.165, 1.54) is 10.4 Å². The Morgan fingerprint density at radius 2 is 1.92 bits per heavy atom. The van der Waals surface area contributed by atoms with E-state index in [2.05, 4.69) is 27.3 Å². The predicted octanol–water partition coefficient (Wildman–Crippen LogP) is 3.71. The van der Waals surface area contributed by atoms with Gasteiger partial charge in [0.2, 0.25) is 0 Å². The summed E-state index contributed by atoms with van der Waals surface area (Å²) in [6.45, 7) is 1.67. The number of hydrogen-bond donors (Lipinski definition) is 1. The number of rotatable bonds is 8. The first kappa shape index (κ1) is 20.4. The lowest BCUT2D eigenvalue weighted by Crippen LogP contribution is -2.40. The van der Waals surface area contributed by atoms with Crippen LogP contribution in [0.25, 0.3) is 0 Å². The van der Waals surface area contributed by atoms with E-state index in [0.29, 0.717) is 0 Å². The third-order valence-electron chi connectivity index (χ3n) is 4.04. The molecule has 142 valence electrons. The van der Waals surface area contributed by atoms with Crippen LogP contribution >= 0.6 is 22.9 Å². The van der Waals surface area contributed by atoms with Crippen LogP contribution in [0, 0.1) is 0 Å². The Hall–Kier alpha value is -1.92. The molecule has 1 N–H and O–H groups in total. The first-order valence-corrected chi connectivity index (χ1v) is 9.63. The number of guanidine groups is 1. The number of benzene rings is 1. The number of ether oxygens (including phenoxy) is 2. The maximum Gasteiger partial charge on any atom is 0.193 e. The van der Waals surface area contributed by atoms with Crippen LogP contribution in [0.3, 0.4) is 0 Å². The maximum atomic E-state index is 5.97. The average Bonchev–Trinajstić information content (AvgIpc) is 3.08. The summed E-state index contributed by atoms with van der Waals surface area (Å²) in [6, 6.07) is 10.0. The largest absolute Gasteiger partial charge is 0.493 e. The molecule has 0 fully saturated rings. The predicted molar refractivity (Wildman–Crippen MR) is 110 cm³/mol. The number of halogens is 1. The molecule has 26 heavy (non-hydrogen) atoms. The van der Waals surface area contributed by atoms with E-state index in [4.69, 9.17) is 21.1 Å². The molecule has 2 rings (SSSR count). The van der Waals surface area contributed by atoms with Crippen molar-refractivity contribution in [3.05, 3.63) is 45.1 Å². The van der Waals surface area contributed by atoms with Gasteiger partial charge in [-0.2, -0.15) is 0 Å². The van der Waals surface area contributed by atoms with E-state index in [1.807, 2.05) is 25.2 Å². The smallest absolute Gasteiger partial charge is 0.193 e. The number of likely N-dealkylation sites (N-methyl/N-ethyl adjacent to an activating group) is 1. The van der Waals surface area contributed by atoms with Crippen LogP contribution in [0.15, 0.2) is 35.3 Å². The van der Waals surface area contributed by atoms with Crippen molar-refractivity contribution in [1.29, 1.82) is 0 Å². The molecule has 0 radical (unpaired) electrons. The van der Waals surface area contributed by atoms with Gasteiger partial charge in [-0.1, -0.05) is 17.7 Å². The summed E-state index contributed by atoms with van der Waals surface area (Å²) in [7, 11) is 7.14. The number of aliphatic imine (C=N–C) groups is 1. The second kappa shape index (κ2) is 10.3. The van der Waals surface area contributed by atoms with Crippen molar-refractivity contribution in [2.75, 3.05) is 41.4 Å². The zero-order valence-corrected chi connectivity index (χ0v) is 17.3. The van der Waals surface area contributed by atoms with Crippen molar-refractivity contribution in [2.45, 2.75) is 12.8 Å². The number of methoxy groups -OCH3 is 2. The molecule has 0 aliphatic carbocycles. The highest BCUT2D eigenvalue weighted by atomic mass is 35.5. The van der Waals surface area contributed by atoms with Crippen molar-refractivity contribution in [1.82, 2.24) is 10.2 Å². The summed E-state index contributed by atoms with van der Waals surface area (Å²) >= 11 is 7.59. The van der Waals surface area contributed by atoms with E-state index in [9.17, 15) is 0 Å². The zero-order valence-electron chi connectivity index (χ0n) is 15.7. The van der Waals surface area contributed by atoms with Crippen LogP contribution < -0.4 is 14.8 Å². The highest BCUT2D eigenvalue weighted by Gasteiger charge is 2.08. The molecule has 0 amide bonds. The number of thiophene rings is 1. The van der Waals surface area contributed by atoms with E-state index >= 15 is 0 Å². The molecule has 1 aromatic heterocycles. The van der Waals surface area contributed by atoms with Crippen molar-refractivity contribution in [2.24, 2.45) is 4.99 Å². The van der Waals surface area contributed by atoms with Gasteiger partial charge >= 0.3 is 0 Å². The molecule has 0 bridgehead atoms. The number of nitrogens with one attached hydrogen (secondary N) is 1. The Kier molecular flexibility index (Phi) is 8.06. The maximum absolute atomic E-state index is 5.97. The third-order valence-corrected chi connectivity index (χ3v) is 5.33. The fourth-order valence-electron chi connectivity index (χ4n) is 2.61. The van der Waals surface area contributed by atoms with E-state index in [0.717, 1.165) is 47.7 Å². The average molecular weight is 396 g/mol. The summed E-state index contributed by atoms with van der Waals surface area (Å²) in [5.74, 6) is 2.38. The van der Waals surface area contributed by atoms with Crippen LogP contribution in [-0.4, -0.2) is 52.3 Å². The fraction of sp³-hybridized carbons (Fsp3) is 0.421. The molecule has 5 nitrogen and oxygen atoms in total. The van der Waals surface area contributed by atoms with E-state index in [1.54, 1.807) is 32.6 Å². The molecule has 0 saturated heterocycles. The number of nitrogens with zero attached hydrogens (tertiary/aromatic N) is 2. The van der Waals surface area contributed by atoms with Gasteiger partial charge in [-0.25, -0.2) is 0 Å². The standard InChI is InChI=1S/C19H26ClN3O2S/c1-21-19(22-11-9-15-6-8-18(20)26-15)23(2)12-10-14-5-7-16(24-3)17(13-14)25-4/h5-8,13H,9-12H2,1-4H3,(H,21,22). The second-order valence-corrected chi connectivity index (χ2v) is 7.59. The third kappa shape index (κ3) is 5.81. The highest BCUT2D eigenvalue weighted by molar-refractivity contribution is 7.16. The van der Waals surface area contributed by atoms with Crippen LogP contribution in [0.1, 0.15) is 10.4 Å². The van der Waals surface area contributed by atoms with Gasteiger partial charge in [-0.3, -0.25) is 4.99 Å². The first-order valence-electron chi connectivity index (χ1n) is 8.44. The normalized spacial score (nSPS) is 11.3. The summed E-state index contributed by atoms with van der Waals surface area (Å²) in [6.07, 6.45) is 1.82. The molecule has 0 spiro atoms. The summed E-state index contributed by atoms with van der Waals surface area (Å²) < 4.78 is 11.5. The molecule has 0 saturated carbocycles. The molecule has 1 heterocycles. The monoisotopic (exact) mass is 395 g/mol. The molecule has 1 aromatic carbocycles. The van der Waals surface area contributed by atoms with Gasteiger partial charge in [-0.15, -0.1) is 11.3 Å². The highest BCUT2D eigenvalue weighted by Crippen LogP contribution is 2.27. The van der Waals surface area contributed by atoms with Gasteiger partial charge in [0.15, 0.2) is 17.5 Å². The molecule has 0 aliphatic rings. The van der Waals surface area contributed by atoms with E-state index < -0.39 is 0 Å². The lowest BCUT2D eigenvalue weighted by Gasteiger charge is -2.22. The lowest BCUT2D eigenvalue weighted by atomic mass is 10.1. The van der Waals surface area contributed by atoms with Gasteiger partial charge in [0.05, 0.1) is 18.6 Å². The van der Waals surface area contributed by atoms with E-state index in [-0.39, 0.29) is 0 Å². The first-order chi connectivity index (χ1) is 12.6. The van der Waals surface area contributed by atoms with Crippen molar-refractivity contribution < 1.29 is 9.47 Å². The van der Waals surface area contributed by atoms with Gasteiger partial charge in [-0.05, 0) is 42.7 Å². The van der Waals surface area contributed by atoms with Gasteiger partial charge in [0.25, 0.3) is 0 Å². The summed E-state index contributed by atoms with van der Waals surface area (Å²) in [5, 5.41) is 3.40. The second-order valence-electron chi connectivity index (χ2n) is 5.79. The molecule has 2 aromatic rings. The Morgan fingerprint density at radius 3 is 2.54 bits per heavy atom. The quantitative estimate of drug-likeness (QED) is 0.546. The van der Waals surface area contributed by atoms with Crippen LogP contribution in [-0.2, 0) is 12.8 Å². The van der Waals surface area contributed by atoms with Gasteiger partial charge < -0.3 is 19.7 Å². The summed E-state index contributed by atoms with van der Waals surface area (Å²) in [4.78, 5) is 7.75. The van der Waals surface area contributed by atoms with Gasteiger partial charge in [0.1, 0.15) is 0 Å². The molecule has 0 unspecified atom stereocenters. The Morgan fingerprint density at radius 1 is 1.15 bits per heavy atom. The topological polar surface area (TPSA) is 46.1 Å². The SMILES string of the molecule is CN=C(NCCc1ccc(Cl)s1)N(C)CCc1ccc(OC)c(OC)c1. The lowest BCUT2D eigenvalue weighted by molar-refractivity contribution is 0.354. The minimum atomic E-state index is 0.746. The Labute approximate surface area is 164 Å². The van der Waals surface area contributed by atoms with Crippen LogP contribution in [0.2, 0.25) is 4.34 Å².